The Morgan fingerprint density at radius 3 is 2.92 bits per heavy atom. The molecule has 2 aliphatic rings. The lowest BCUT2D eigenvalue weighted by Gasteiger charge is -2.22. The number of rotatable bonds is 6. The lowest BCUT2D eigenvalue weighted by Crippen LogP contribution is -2.39. The van der Waals surface area contributed by atoms with Crippen molar-refractivity contribution in [2.75, 3.05) is 37.6 Å². The molecular formula is C18H28N4O2. The summed E-state index contributed by atoms with van der Waals surface area (Å²) in [5.41, 5.74) is 0. The van der Waals surface area contributed by atoms with Gasteiger partial charge in [-0.15, -0.1) is 0 Å². The number of hydrogen-bond acceptors (Lipinski definition) is 5. The van der Waals surface area contributed by atoms with E-state index >= 15 is 0 Å². The van der Waals surface area contributed by atoms with E-state index in [0.717, 1.165) is 44.2 Å². The molecule has 1 amide bonds. The fourth-order valence-corrected chi connectivity index (χ4v) is 3.43. The number of carbonyl (C=O) groups is 1. The number of pyridine rings is 1. The van der Waals surface area contributed by atoms with Crippen molar-refractivity contribution in [1.29, 1.82) is 0 Å². The summed E-state index contributed by atoms with van der Waals surface area (Å²) in [5.74, 6) is 1.92. The van der Waals surface area contributed by atoms with Crippen molar-refractivity contribution in [3.63, 3.8) is 0 Å². The van der Waals surface area contributed by atoms with Crippen LogP contribution in [0.25, 0.3) is 0 Å². The van der Waals surface area contributed by atoms with Crippen LogP contribution in [0.2, 0.25) is 0 Å². The third-order valence-electron chi connectivity index (χ3n) is 4.50. The van der Waals surface area contributed by atoms with Crippen LogP contribution in [0.4, 0.5) is 5.82 Å². The number of nitrogens with one attached hydrogen (secondary N) is 1. The molecule has 0 bridgehead atoms. The normalized spacial score (nSPS) is 21.5. The van der Waals surface area contributed by atoms with Crippen LogP contribution in [0.15, 0.2) is 18.3 Å². The molecule has 1 atom stereocenters. The zero-order valence-corrected chi connectivity index (χ0v) is 14.7. The summed E-state index contributed by atoms with van der Waals surface area (Å²) in [4.78, 5) is 20.9. The topological polar surface area (TPSA) is 57.7 Å². The average Bonchev–Trinajstić information content (AvgIpc) is 3.19. The van der Waals surface area contributed by atoms with Crippen molar-refractivity contribution >= 4 is 11.7 Å². The van der Waals surface area contributed by atoms with Crippen molar-refractivity contribution < 1.29 is 9.53 Å². The van der Waals surface area contributed by atoms with E-state index < -0.39 is 0 Å². The fourth-order valence-electron chi connectivity index (χ4n) is 3.43. The van der Waals surface area contributed by atoms with E-state index in [0.29, 0.717) is 6.54 Å². The molecule has 0 aromatic carbocycles. The van der Waals surface area contributed by atoms with Gasteiger partial charge in [-0.3, -0.25) is 9.69 Å². The Labute approximate surface area is 144 Å². The number of carbonyl (C=O) groups excluding carboxylic acids is 1. The smallest absolute Gasteiger partial charge is 0.234 e. The van der Waals surface area contributed by atoms with Gasteiger partial charge in [0.2, 0.25) is 5.91 Å². The number of hydrogen-bond donors (Lipinski definition) is 1. The number of amides is 1. The Morgan fingerprint density at radius 2 is 2.17 bits per heavy atom. The number of aromatic nitrogens is 1. The van der Waals surface area contributed by atoms with E-state index in [1.807, 2.05) is 32.2 Å². The first-order chi connectivity index (χ1) is 11.6. The summed E-state index contributed by atoms with van der Waals surface area (Å²) in [6.07, 6.45) is 5.35. The summed E-state index contributed by atoms with van der Waals surface area (Å²) in [6, 6.07) is 4.12. The molecule has 0 radical (unpaired) electrons. The molecular weight excluding hydrogens is 304 g/mol. The highest BCUT2D eigenvalue weighted by Gasteiger charge is 2.27. The molecule has 0 aliphatic carbocycles. The standard InChI is InChI=1S/C18H28N4O2/c1-14(2)20-17(23)13-21-11-7-15(12-21)24-16-6-5-8-19-18(16)22-9-3-4-10-22/h5-6,8,14-15H,3-4,7,9-13H2,1-2H3,(H,20,23). The van der Waals surface area contributed by atoms with Crippen LogP contribution in [0.3, 0.4) is 0 Å². The van der Waals surface area contributed by atoms with Crippen molar-refractivity contribution in [2.24, 2.45) is 0 Å². The molecule has 2 saturated heterocycles. The predicted octanol–water partition coefficient (Wildman–Crippen LogP) is 1.66. The van der Waals surface area contributed by atoms with Gasteiger partial charge in [0.25, 0.3) is 0 Å². The third kappa shape index (κ3) is 4.38. The van der Waals surface area contributed by atoms with Gasteiger partial charge in [-0.2, -0.15) is 0 Å². The molecule has 1 aromatic rings. The highest BCUT2D eigenvalue weighted by Crippen LogP contribution is 2.30. The Morgan fingerprint density at radius 1 is 1.38 bits per heavy atom. The van der Waals surface area contributed by atoms with Crippen LogP contribution in [-0.4, -0.2) is 60.7 Å². The Hall–Kier alpha value is -1.82. The van der Waals surface area contributed by atoms with E-state index in [9.17, 15) is 4.79 Å². The predicted molar refractivity (Wildman–Crippen MR) is 94.4 cm³/mol. The van der Waals surface area contributed by atoms with Gasteiger partial charge >= 0.3 is 0 Å². The average molecular weight is 332 g/mol. The van der Waals surface area contributed by atoms with E-state index in [2.05, 4.69) is 20.1 Å². The van der Waals surface area contributed by atoms with Gasteiger partial charge < -0.3 is 15.0 Å². The van der Waals surface area contributed by atoms with E-state index in [4.69, 9.17) is 4.74 Å². The van der Waals surface area contributed by atoms with Crippen LogP contribution in [-0.2, 0) is 4.79 Å². The minimum atomic E-state index is 0.0878. The number of anilines is 1. The molecule has 24 heavy (non-hydrogen) atoms. The molecule has 0 spiro atoms. The van der Waals surface area contributed by atoms with E-state index in [1.54, 1.807) is 0 Å². The molecule has 1 aromatic heterocycles. The monoisotopic (exact) mass is 332 g/mol. The quantitative estimate of drug-likeness (QED) is 0.858. The van der Waals surface area contributed by atoms with Crippen molar-refractivity contribution in [3.8, 4) is 5.75 Å². The lowest BCUT2D eigenvalue weighted by atomic mass is 10.3. The van der Waals surface area contributed by atoms with Gasteiger partial charge in [0.15, 0.2) is 11.6 Å². The zero-order valence-electron chi connectivity index (χ0n) is 14.7. The molecule has 6 nitrogen and oxygen atoms in total. The van der Waals surface area contributed by atoms with E-state index in [-0.39, 0.29) is 18.1 Å². The Bertz CT molecular complexity index is 558. The van der Waals surface area contributed by atoms with Crippen molar-refractivity contribution in [1.82, 2.24) is 15.2 Å². The van der Waals surface area contributed by atoms with Crippen LogP contribution in [0.5, 0.6) is 5.75 Å². The largest absolute Gasteiger partial charge is 0.485 e. The van der Waals surface area contributed by atoms with Gasteiger partial charge in [0, 0.05) is 38.4 Å². The molecule has 3 heterocycles. The van der Waals surface area contributed by atoms with Gasteiger partial charge in [0.1, 0.15) is 6.10 Å². The molecule has 6 heteroatoms. The first kappa shape index (κ1) is 17.0. The summed E-state index contributed by atoms with van der Waals surface area (Å²) >= 11 is 0. The number of likely N-dealkylation sites (tertiary alicyclic amines) is 1. The third-order valence-corrected chi connectivity index (χ3v) is 4.50. The van der Waals surface area contributed by atoms with E-state index in [1.165, 1.54) is 12.8 Å². The van der Waals surface area contributed by atoms with Crippen LogP contribution in [0, 0.1) is 0 Å². The highest BCUT2D eigenvalue weighted by molar-refractivity contribution is 5.78. The number of ether oxygens (including phenoxy) is 1. The highest BCUT2D eigenvalue weighted by atomic mass is 16.5. The molecule has 2 fully saturated rings. The fraction of sp³-hybridized carbons (Fsp3) is 0.667. The summed E-state index contributed by atoms with van der Waals surface area (Å²) in [6.45, 7) is 8.21. The molecule has 2 aliphatic heterocycles. The van der Waals surface area contributed by atoms with Gasteiger partial charge in [-0.1, -0.05) is 0 Å². The summed E-state index contributed by atoms with van der Waals surface area (Å²) in [5, 5.41) is 2.94. The second kappa shape index (κ2) is 7.83. The minimum Gasteiger partial charge on any atom is -0.485 e. The summed E-state index contributed by atoms with van der Waals surface area (Å²) < 4.78 is 6.23. The summed E-state index contributed by atoms with van der Waals surface area (Å²) in [7, 11) is 0. The molecule has 0 saturated carbocycles. The molecule has 1 unspecified atom stereocenters. The first-order valence-corrected chi connectivity index (χ1v) is 9.00. The maximum absolute atomic E-state index is 11.9. The van der Waals surface area contributed by atoms with Gasteiger partial charge in [-0.05, 0) is 45.2 Å². The second-order valence-electron chi connectivity index (χ2n) is 7.01. The first-order valence-electron chi connectivity index (χ1n) is 9.00. The number of nitrogens with zero attached hydrogens (tertiary/aromatic N) is 3. The van der Waals surface area contributed by atoms with Crippen molar-refractivity contribution in [3.05, 3.63) is 18.3 Å². The van der Waals surface area contributed by atoms with Crippen LogP contribution in [0.1, 0.15) is 33.1 Å². The van der Waals surface area contributed by atoms with Gasteiger partial charge in [0.05, 0.1) is 6.54 Å². The minimum absolute atomic E-state index is 0.0878. The second-order valence-corrected chi connectivity index (χ2v) is 7.01. The molecule has 1 N–H and O–H groups in total. The molecule has 132 valence electrons. The van der Waals surface area contributed by atoms with Crippen LogP contribution >= 0.6 is 0 Å². The van der Waals surface area contributed by atoms with Crippen LogP contribution < -0.4 is 15.0 Å². The van der Waals surface area contributed by atoms with Gasteiger partial charge in [-0.25, -0.2) is 4.98 Å². The maximum Gasteiger partial charge on any atom is 0.234 e. The van der Waals surface area contributed by atoms with Crippen molar-refractivity contribution in [2.45, 2.75) is 45.3 Å². The lowest BCUT2D eigenvalue weighted by molar-refractivity contribution is -0.122. The Kier molecular flexibility index (Phi) is 5.56. The zero-order chi connectivity index (χ0) is 16.9. The molecule has 3 rings (SSSR count). The Balaban J connectivity index is 1.55. The SMILES string of the molecule is CC(C)NC(=O)CN1CCC(Oc2cccnc2N2CCCC2)C1. The maximum atomic E-state index is 11.9.